The molecule has 0 aliphatic heterocycles. The Morgan fingerprint density at radius 3 is 2.45 bits per heavy atom. The van der Waals surface area contributed by atoms with Gasteiger partial charge in [-0.25, -0.2) is 0 Å². The molecule has 0 rings (SSSR count). The molecule has 0 bridgehead atoms. The Hall–Kier alpha value is -0.860. The summed E-state index contributed by atoms with van der Waals surface area (Å²) in [5.74, 6) is 0.451. The predicted molar refractivity (Wildman–Crippen MR) is 44.0 cm³/mol. The third-order valence-corrected chi connectivity index (χ3v) is 1.50. The Morgan fingerprint density at radius 2 is 2.09 bits per heavy atom. The van der Waals surface area contributed by atoms with Crippen molar-refractivity contribution in [2.24, 2.45) is 11.1 Å². The van der Waals surface area contributed by atoms with Crippen molar-refractivity contribution in [2.45, 2.75) is 33.6 Å². The van der Waals surface area contributed by atoms with Crippen LogP contribution in [0.4, 0.5) is 0 Å². The van der Waals surface area contributed by atoms with E-state index in [1.807, 2.05) is 0 Å². The lowest BCUT2D eigenvalue weighted by molar-refractivity contribution is -0.113. The Morgan fingerprint density at radius 1 is 1.55 bits per heavy atom. The number of hydrogen-bond acceptors (Lipinski definition) is 3. The second-order valence-electron chi connectivity index (χ2n) is 3.04. The topological polar surface area (TPSA) is 49.7 Å². The first kappa shape index (κ1) is 10.1. The lowest BCUT2D eigenvalue weighted by Gasteiger charge is -2.01. The zero-order valence-electron chi connectivity index (χ0n) is 7.29. The van der Waals surface area contributed by atoms with E-state index in [1.165, 1.54) is 6.92 Å². The fraction of sp³-hybridized carbons (Fsp3) is 0.750. The molecular weight excluding hydrogens is 142 g/mol. The number of nitrogens with zero attached hydrogens (tertiary/aromatic N) is 1. The molecular formula is C8H15NO2. The summed E-state index contributed by atoms with van der Waals surface area (Å²) in [5.41, 5.74) is 0.200. The van der Waals surface area contributed by atoms with Gasteiger partial charge < -0.3 is 5.21 Å². The molecule has 0 spiro atoms. The second kappa shape index (κ2) is 4.88. The van der Waals surface area contributed by atoms with Gasteiger partial charge >= 0.3 is 0 Å². The Bertz CT molecular complexity index is 161. The molecule has 0 aromatic carbocycles. The molecule has 1 N–H and O–H groups in total. The summed E-state index contributed by atoms with van der Waals surface area (Å²) in [7, 11) is 0. The van der Waals surface area contributed by atoms with Gasteiger partial charge in [-0.15, -0.1) is 0 Å². The Labute approximate surface area is 67.1 Å². The molecule has 0 aromatic rings. The normalized spacial score (nSPS) is 12.2. The van der Waals surface area contributed by atoms with Crippen LogP contribution in [0.5, 0.6) is 0 Å². The number of ketones is 1. The van der Waals surface area contributed by atoms with Crippen LogP contribution in [-0.4, -0.2) is 16.7 Å². The van der Waals surface area contributed by atoms with E-state index >= 15 is 0 Å². The molecule has 3 nitrogen and oxygen atoms in total. The van der Waals surface area contributed by atoms with Gasteiger partial charge in [0.15, 0.2) is 5.78 Å². The van der Waals surface area contributed by atoms with Crippen LogP contribution < -0.4 is 0 Å². The van der Waals surface area contributed by atoms with Crippen molar-refractivity contribution in [1.29, 1.82) is 0 Å². The number of oxime groups is 1. The number of hydrogen-bond donors (Lipinski definition) is 1. The summed E-state index contributed by atoms with van der Waals surface area (Å²) in [6, 6.07) is 0. The van der Waals surface area contributed by atoms with Crippen LogP contribution >= 0.6 is 0 Å². The zero-order valence-corrected chi connectivity index (χ0v) is 7.29. The molecule has 0 amide bonds. The quantitative estimate of drug-likeness (QED) is 0.384. The first-order valence-corrected chi connectivity index (χ1v) is 3.79. The van der Waals surface area contributed by atoms with Crippen LogP contribution in [0.2, 0.25) is 0 Å². The summed E-state index contributed by atoms with van der Waals surface area (Å²) in [6.07, 6.45) is 1.33. The molecule has 0 fully saturated rings. The Kier molecular flexibility index (Phi) is 4.50. The van der Waals surface area contributed by atoms with E-state index in [1.54, 1.807) is 0 Å². The summed E-state index contributed by atoms with van der Waals surface area (Å²) in [5, 5.41) is 11.1. The van der Waals surface area contributed by atoms with E-state index in [0.29, 0.717) is 12.3 Å². The SMILES string of the molecule is C/C(=N\O)C(=O)CCC(C)C. The van der Waals surface area contributed by atoms with E-state index in [-0.39, 0.29) is 11.5 Å². The van der Waals surface area contributed by atoms with E-state index < -0.39 is 0 Å². The molecule has 0 unspecified atom stereocenters. The van der Waals surface area contributed by atoms with Crippen LogP contribution in [0.25, 0.3) is 0 Å². The van der Waals surface area contributed by atoms with Crippen molar-refractivity contribution in [1.82, 2.24) is 0 Å². The second-order valence-corrected chi connectivity index (χ2v) is 3.04. The minimum atomic E-state index is -0.0683. The third-order valence-electron chi connectivity index (χ3n) is 1.50. The number of carbonyl (C=O) groups is 1. The van der Waals surface area contributed by atoms with Crippen molar-refractivity contribution in [2.75, 3.05) is 0 Å². The zero-order chi connectivity index (χ0) is 8.85. The number of rotatable bonds is 4. The van der Waals surface area contributed by atoms with Crippen LogP contribution in [0.15, 0.2) is 5.16 Å². The molecule has 0 heterocycles. The minimum Gasteiger partial charge on any atom is -0.411 e. The fourth-order valence-electron chi connectivity index (χ4n) is 0.656. The summed E-state index contributed by atoms with van der Waals surface area (Å²) in [4.78, 5) is 11.0. The van der Waals surface area contributed by atoms with Gasteiger partial charge in [0.2, 0.25) is 0 Å². The smallest absolute Gasteiger partial charge is 0.180 e. The molecule has 0 radical (unpaired) electrons. The molecule has 0 aliphatic carbocycles. The monoisotopic (exact) mass is 157 g/mol. The highest BCUT2D eigenvalue weighted by molar-refractivity contribution is 6.38. The highest BCUT2D eigenvalue weighted by Crippen LogP contribution is 2.04. The van der Waals surface area contributed by atoms with Gasteiger partial charge in [0, 0.05) is 6.42 Å². The molecule has 3 heteroatoms. The van der Waals surface area contributed by atoms with Crippen LogP contribution in [0, 0.1) is 5.92 Å². The maximum absolute atomic E-state index is 11.0. The standard InChI is InChI=1S/C8H15NO2/c1-6(2)4-5-8(10)7(3)9-11/h6,11H,4-5H2,1-3H3/b9-7+. The molecule has 0 aromatic heterocycles. The van der Waals surface area contributed by atoms with Crippen LogP contribution in [0.3, 0.4) is 0 Å². The van der Waals surface area contributed by atoms with Gasteiger partial charge in [0.05, 0.1) is 0 Å². The molecule has 0 aliphatic rings. The first-order chi connectivity index (χ1) is 5.07. The third kappa shape index (κ3) is 4.53. The maximum atomic E-state index is 11.0. The highest BCUT2D eigenvalue weighted by atomic mass is 16.4. The van der Waals surface area contributed by atoms with Crippen molar-refractivity contribution in [3.63, 3.8) is 0 Å². The predicted octanol–water partition coefficient (Wildman–Crippen LogP) is 1.84. The number of carbonyl (C=O) groups excluding carboxylic acids is 1. The highest BCUT2D eigenvalue weighted by Gasteiger charge is 2.06. The van der Waals surface area contributed by atoms with Crippen molar-refractivity contribution >= 4 is 11.5 Å². The first-order valence-electron chi connectivity index (χ1n) is 3.79. The van der Waals surface area contributed by atoms with Crippen molar-refractivity contribution in [3.05, 3.63) is 0 Å². The molecule has 0 saturated carbocycles. The average Bonchev–Trinajstić information content (AvgIpc) is 1.98. The summed E-state index contributed by atoms with van der Waals surface area (Å²) < 4.78 is 0. The van der Waals surface area contributed by atoms with Gasteiger partial charge in [-0.1, -0.05) is 19.0 Å². The average molecular weight is 157 g/mol. The lowest BCUT2D eigenvalue weighted by Crippen LogP contribution is -2.10. The van der Waals surface area contributed by atoms with Crippen LogP contribution in [0.1, 0.15) is 33.6 Å². The van der Waals surface area contributed by atoms with E-state index in [9.17, 15) is 4.79 Å². The van der Waals surface area contributed by atoms with Gasteiger partial charge in [0.1, 0.15) is 5.71 Å². The summed E-state index contributed by atoms with van der Waals surface area (Å²) >= 11 is 0. The minimum absolute atomic E-state index is 0.0683. The van der Waals surface area contributed by atoms with Gasteiger partial charge in [0.25, 0.3) is 0 Å². The largest absolute Gasteiger partial charge is 0.411 e. The fourth-order valence-corrected chi connectivity index (χ4v) is 0.656. The maximum Gasteiger partial charge on any atom is 0.180 e. The number of Topliss-reactive ketones (excluding diaryl/α,β-unsaturated/α-hetero) is 1. The Balaban J connectivity index is 3.71. The van der Waals surface area contributed by atoms with Crippen molar-refractivity contribution < 1.29 is 10.0 Å². The van der Waals surface area contributed by atoms with E-state index in [2.05, 4.69) is 19.0 Å². The molecule has 64 valence electrons. The summed E-state index contributed by atoms with van der Waals surface area (Å²) in [6.45, 7) is 5.63. The van der Waals surface area contributed by atoms with Gasteiger partial charge in [-0.3, -0.25) is 4.79 Å². The van der Waals surface area contributed by atoms with E-state index in [0.717, 1.165) is 6.42 Å². The van der Waals surface area contributed by atoms with Crippen molar-refractivity contribution in [3.8, 4) is 0 Å². The van der Waals surface area contributed by atoms with Gasteiger partial charge in [-0.05, 0) is 19.3 Å². The molecule has 0 saturated heterocycles. The molecule has 0 atom stereocenters. The van der Waals surface area contributed by atoms with E-state index in [4.69, 9.17) is 5.21 Å². The lowest BCUT2D eigenvalue weighted by atomic mass is 10.0. The van der Waals surface area contributed by atoms with Gasteiger partial charge in [-0.2, -0.15) is 0 Å². The molecule has 11 heavy (non-hydrogen) atoms. The van der Waals surface area contributed by atoms with Crippen LogP contribution in [-0.2, 0) is 4.79 Å².